The number of carbonyl (C=O) groups is 1. The lowest BCUT2D eigenvalue weighted by molar-refractivity contribution is 0.101. The maximum Gasteiger partial charge on any atom is 0.347 e. The minimum Gasteiger partial charge on any atom is -0.493 e. The summed E-state index contributed by atoms with van der Waals surface area (Å²) in [6.07, 6.45) is 0. The largest absolute Gasteiger partial charge is 0.493 e. The van der Waals surface area contributed by atoms with E-state index in [0.29, 0.717) is 16.7 Å². The van der Waals surface area contributed by atoms with Crippen LogP contribution in [0, 0.1) is 0 Å². The molecule has 100 valence electrons. The molecule has 3 rings (SSSR count). The summed E-state index contributed by atoms with van der Waals surface area (Å²) in [4.78, 5) is 23.3. The van der Waals surface area contributed by atoms with E-state index < -0.39 is 5.63 Å². The number of Topliss-reactive ketones (excluding diaryl/α,β-unsaturated/α-hetero) is 1. The molecule has 0 bridgehead atoms. The van der Waals surface area contributed by atoms with Crippen molar-refractivity contribution >= 4 is 27.5 Å². The first-order valence-electron chi connectivity index (χ1n) is 6.16. The molecule has 20 heavy (non-hydrogen) atoms. The first-order valence-corrected chi connectivity index (χ1v) is 6.16. The third kappa shape index (κ3) is 1.77. The van der Waals surface area contributed by atoms with Crippen LogP contribution in [-0.2, 0) is 0 Å². The molecule has 4 heteroatoms. The highest BCUT2D eigenvalue weighted by Gasteiger charge is 2.15. The van der Waals surface area contributed by atoms with Crippen molar-refractivity contribution < 1.29 is 13.9 Å². The fourth-order valence-corrected chi connectivity index (χ4v) is 2.33. The first kappa shape index (κ1) is 12.4. The molecular weight excluding hydrogens is 256 g/mol. The number of rotatable bonds is 2. The highest BCUT2D eigenvalue weighted by Crippen LogP contribution is 2.32. The Morgan fingerprint density at radius 2 is 1.90 bits per heavy atom. The fraction of sp³-hybridized carbons (Fsp3) is 0.125. The molecule has 0 saturated carbocycles. The average Bonchev–Trinajstić information content (AvgIpc) is 2.45. The standard InChI is InChI=1S/C16H12O4/c1-9(17)12-8-13-11-6-4-3-5-10(11)7-14(19-2)15(13)20-16(12)18/h3-8H,1-2H3. The summed E-state index contributed by atoms with van der Waals surface area (Å²) in [5.74, 6) is 0.165. The van der Waals surface area contributed by atoms with Gasteiger partial charge in [0.25, 0.3) is 0 Å². The van der Waals surface area contributed by atoms with Crippen LogP contribution in [0.2, 0.25) is 0 Å². The first-order chi connectivity index (χ1) is 9.61. The van der Waals surface area contributed by atoms with E-state index in [0.717, 1.165) is 10.8 Å². The Balaban J connectivity index is 2.56. The zero-order valence-corrected chi connectivity index (χ0v) is 11.1. The smallest absolute Gasteiger partial charge is 0.347 e. The van der Waals surface area contributed by atoms with Gasteiger partial charge in [0.2, 0.25) is 0 Å². The fourth-order valence-electron chi connectivity index (χ4n) is 2.33. The molecule has 4 nitrogen and oxygen atoms in total. The second kappa shape index (κ2) is 4.49. The lowest BCUT2D eigenvalue weighted by atomic mass is 10.0. The van der Waals surface area contributed by atoms with Gasteiger partial charge in [0.15, 0.2) is 17.1 Å². The molecule has 3 aromatic rings. The zero-order valence-electron chi connectivity index (χ0n) is 11.1. The molecule has 0 aliphatic rings. The van der Waals surface area contributed by atoms with Gasteiger partial charge in [-0.05, 0) is 29.8 Å². The van der Waals surface area contributed by atoms with Gasteiger partial charge in [-0.15, -0.1) is 0 Å². The van der Waals surface area contributed by atoms with Gasteiger partial charge in [-0.2, -0.15) is 0 Å². The van der Waals surface area contributed by atoms with Gasteiger partial charge in [0, 0.05) is 5.39 Å². The zero-order chi connectivity index (χ0) is 14.3. The van der Waals surface area contributed by atoms with E-state index in [1.54, 1.807) is 6.07 Å². The quantitative estimate of drug-likeness (QED) is 0.407. The molecule has 1 aromatic heterocycles. The maximum atomic E-state index is 11.8. The Morgan fingerprint density at radius 3 is 2.60 bits per heavy atom. The van der Waals surface area contributed by atoms with E-state index in [-0.39, 0.29) is 11.3 Å². The monoisotopic (exact) mass is 268 g/mol. The molecule has 1 heterocycles. The minimum atomic E-state index is -0.640. The van der Waals surface area contributed by atoms with Crippen LogP contribution in [0.15, 0.2) is 45.6 Å². The number of methoxy groups -OCH3 is 1. The molecule has 0 radical (unpaired) electrons. The summed E-state index contributed by atoms with van der Waals surface area (Å²) in [6.45, 7) is 1.35. The number of fused-ring (bicyclic) bond motifs is 3. The Kier molecular flexibility index (Phi) is 2.79. The number of hydrogen-bond donors (Lipinski definition) is 0. The minimum absolute atomic E-state index is 0.0518. The number of hydrogen-bond acceptors (Lipinski definition) is 4. The van der Waals surface area contributed by atoms with E-state index in [1.807, 2.05) is 30.3 Å². The van der Waals surface area contributed by atoms with Crippen LogP contribution in [-0.4, -0.2) is 12.9 Å². The van der Waals surface area contributed by atoms with E-state index in [1.165, 1.54) is 14.0 Å². The number of ketones is 1. The Bertz CT molecular complexity index is 890. The molecule has 0 unspecified atom stereocenters. The molecule has 0 fully saturated rings. The molecule has 2 aromatic carbocycles. The maximum absolute atomic E-state index is 11.8. The van der Waals surface area contributed by atoms with E-state index in [9.17, 15) is 9.59 Å². The van der Waals surface area contributed by atoms with Gasteiger partial charge in [0.05, 0.1) is 7.11 Å². The predicted molar refractivity (Wildman–Crippen MR) is 76.5 cm³/mol. The van der Waals surface area contributed by atoms with E-state index in [4.69, 9.17) is 9.15 Å². The van der Waals surface area contributed by atoms with Crippen LogP contribution in [0.1, 0.15) is 17.3 Å². The van der Waals surface area contributed by atoms with E-state index >= 15 is 0 Å². The van der Waals surface area contributed by atoms with Crippen LogP contribution >= 0.6 is 0 Å². The van der Waals surface area contributed by atoms with Crippen molar-refractivity contribution in [2.75, 3.05) is 7.11 Å². The molecule has 0 spiro atoms. The van der Waals surface area contributed by atoms with Crippen LogP contribution < -0.4 is 10.4 Å². The summed E-state index contributed by atoms with van der Waals surface area (Å²) in [5.41, 5.74) is -0.226. The lowest BCUT2D eigenvalue weighted by Crippen LogP contribution is -2.11. The van der Waals surface area contributed by atoms with Gasteiger partial charge < -0.3 is 9.15 Å². The topological polar surface area (TPSA) is 56.5 Å². The van der Waals surface area contributed by atoms with Crippen molar-refractivity contribution in [2.45, 2.75) is 6.92 Å². The molecule has 0 saturated heterocycles. The molecule has 0 amide bonds. The predicted octanol–water partition coefficient (Wildman–Crippen LogP) is 3.16. The van der Waals surface area contributed by atoms with Crippen LogP contribution in [0.4, 0.5) is 0 Å². The number of benzene rings is 2. The van der Waals surface area contributed by atoms with Crippen molar-refractivity contribution in [1.82, 2.24) is 0 Å². The second-order valence-corrected chi connectivity index (χ2v) is 4.55. The van der Waals surface area contributed by atoms with Crippen molar-refractivity contribution in [3.63, 3.8) is 0 Å². The van der Waals surface area contributed by atoms with Crippen molar-refractivity contribution in [1.29, 1.82) is 0 Å². The second-order valence-electron chi connectivity index (χ2n) is 4.55. The summed E-state index contributed by atoms with van der Waals surface area (Å²) in [7, 11) is 1.52. The van der Waals surface area contributed by atoms with Crippen molar-refractivity contribution in [3.05, 3.63) is 52.4 Å². The van der Waals surface area contributed by atoms with E-state index in [2.05, 4.69) is 0 Å². The van der Waals surface area contributed by atoms with Crippen LogP contribution in [0.25, 0.3) is 21.7 Å². The molecule has 0 N–H and O–H groups in total. The summed E-state index contributed by atoms with van der Waals surface area (Å²) < 4.78 is 10.6. The Labute approximate surface area is 114 Å². The van der Waals surface area contributed by atoms with Crippen molar-refractivity contribution in [2.24, 2.45) is 0 Å². The summed E-state index contributed by atoms with van der Waals surface area (Å²) >= 11 is 0. The van der Waals surface area contributed by atoms with Crippen LogP contribution in [0.5, 0.6) is 5.75 Å². The average molecular weight is 268 g/mol. The SMILES string of the molecule is COc1cc2ccccc2c2cc(C(C)=O)c(=O)oc12. The number of ether oxygens (including phenoxy) is 1. The molecular formula is C16H12O4. The Hall–Kier alpha value is -2.62. The molecule has 0 aliphatic heterocycles. The van der Waals surface area contributed by atoms with Gasteiger partial charge in [-0.25, -0.2) is 4.79 Å². The Morgan fingerprint density at radius 1 is 1.15 bits per heavy atom. The van der Waals surface area contributed by atoms with Crippen molar-refractivity contribution in [3.8, 4) is 5.75 Å². The highest BCUT2D eigenvalue weighted by molar-refractivity contribution is 6.10. The summed E-state index contributed by atoms with van der Waals surface area (Å²) in [6, 6.07) is 11.1. The number of carbonyl (C=O) groups excluding carboxylic acids is 1. The van der Waals surface area contributed by atoms with Gasteiger partial charge in [-0.3, -0.25) is 4.79 Å². The van der Waals surface area contributed by atoms with Gasteiger partial charge in [0.1, 0.15) is 5.56 Å². The molecule has 0 aliphatic carbocycles. The van der Waals surface area contributed by atoms with Crippen LogP contribution in [0.3, 0.4) is 0 Å². The molecule has 0 atom stereocenters. The summed E-state index contributed by atoms with van der Waals surface area (Å²) in [5, 5.41) is 2.57. The highest BCUT2D eigenvalue weighted by atomic mass is 16.5. The lowest BCUT2D eigenvalue weighted by Gasteiger charge is -2.08. The van der Waals surface area contributed by atoms with Gasteiger partial charge in [-0.1, -0.05) is 24.3 Å². The third-order valence-corrected chi connectivity index (χ3v) is 3.31. The normalized spacial score (nSPS) is 10.9. The van der Waals surface area contributed by atoms with Gasteiger partial charge >= 0.3 is 5.63 Å². The third-order valence-electron chi connectivity index (χ3n) is 3.31.